The second kappa shape index (κ2) is 5.57. The lowest BCUT2D eigenvalue weighted by molar-refractivity contribution is -0.141. The fraction of sp³-hybridized carbons (Fsp3) is 0.692. The molecule has 0 saturated carbocycles. The molecule has 1 heterocycles. The minimum absolute atomic E-state index is 0.0307. The van der Waals surface area contributed by atoms with Gasteiger partial charge in [0.2, 0.25) is 0 Å². The first kappa shape index (κ1) is 17.3. The first-order valence-corrected chi connectivity index (χ1v) is 6.51. The monoisotopic (exact) mass is 307 g/mol. The predicted octanol–water partition coefficient (Wildman–Crippen LogP) is 3.58. The van der Waals surface area contributed by atoms with Gasteiger partial charge < -0.3 is 15.0 Å². The van der Waals surface area contributed by atoms with Crippen molar-refractivity contribution in [2.75, 3.05) is 0 Å². The third-order valence-electron chi connectivity index (χ3n) is 2.89. The van der Waals surface area contributed by atoms with Gasteiger partial charge in [0.05, 0.1) is 11.7 Å². The minimum Gasteiger partial charge on any atom is -0.444 e. The topological polar surface area (TPSA) is 67.0 Å². The average Bonchev–Trinajstić information content (AvgIpc) is 2.75. The van der Waals surface area contributed by atoms with Crippen LogP contribution in [0.15, 0.2) is 6.20 Å². The molecular formula is C13H20F3N3O2. The van der Waals surface area contributed by atoms with Crippen molar-refractivity contribution in [2.45, 2.75) is 58.4 Å². The summed E-state index contributed by atoms with van der Waals surface area (Å²) in [6.45, 7) is 8.41. The summed E-state index contributed by atoms with van der Waals surface area (Å²) in [5.74, 6) is 0.0307. The highest BCUT2D eigenvalue weighted by atomic mass is 19.4. The summed E-state index contributed by atoms with van der Waals surface area (Å²) in [5, 5.41) is 2.56. The van der Waals surface area contributed by atoms with Gasteiger partial charge in [0, 0.05) is 0 Å². The molecule has 0 fully saturated rings. The van der Waals surface area contributed by atoms with Gasteiger partial charge in [-0.3, -0.25) is 0 Å². The number of hydrogen-bond acceptors (Lipinski definition) is 3. The van der Waals surface area contributed by atoms with Crippen molar-refractivity contribution < 1.29 is 22.7 Å². The van der Waals surface area contributed by atoms with Gasteiger partial charge in [-0.15, -0.1) is 0 Å². The Morgan fingerprint density at radius 3 is 2.29 bits per heavy atom. The largest absolute Gasteiger partial charge is 0.444 e. The van der Waals surface area contributed by atoms with E-state index in [2.05, 4.69) is 15.3 Å². The van der Waals surface area contributed by atoms with Crippen molar-refractivity contribution in [2.24, 2.45) is 0 Å². The van der Waals surface area contributed by atoms with E-state index in [9.17, 15) is 18.0 Å². The quantitative estimate of drug-likeness (QED) is 0.897. The number of nitrogens with one attached hydrogen (secondary N) is 2. The number of amides is 1. The molecule has 0 spiro atoms. The molecular weight excluding hydrogens is 287 g/mol. The van der Waals surface area contributed by atoms with E-state index in [4.69, 9.17) is 4.74 Å². The zero-order valence-corrected chi connectivity index (χ0v) is 12.7. The molecule has 0 aliphatic heterocycles. The van der Waals surface area contributed by atoms with Gasteiger partial charge >= 0.3 is 12.3 Å². The van der Waals surface area contributed by atoms with Gasteiger partial charge in [0.1, 0.15) is 17.1 Å². The maximum absolute atomic E-state index is 12.6. The Hall–Kier alpha value is -1.73. The number of ether oxygens (including phenoxy) is 1. The lowest BCUT2D eigenvalue weighted by Crippen LogP contribution is -2.46. The molecule has 2 N–H and O–H groups in total. The fourth-order valence-electron chi connectivity index (χ4n) is 1.59. The zero-order chi connectivity index (χ0) is 16.5. The van der Waals surface area contributed by atoms with Gasteiger partial charge in [-0.25, -0.2) is 9.78 Å². The molecule has 1 aromatic heterocycles. The number of alkyl halides is 3. The summed E-state index contributed by atoms with van der Waals surface area (Å²) in [4.78, 5) is 17.7. The number of alkyl carbamates (subject to hydrolysis) is 1. The number of rotatable bonds is 3. The number of aromatic nitrogens is 2. The van der Waals surface area contributed by atoms with Crippen molar-refractivity contribution in [1.82, 2.24) is 15.3 Å². The van der Waals surface area contributed by atoms with Crippen LogP contribution in [0.25, 0.3) is 0 Å². The van der Waals surface area contributed by atoms with Crippen LogP contribution in [-0.2, 0) is 16.5 Å². The Kier molecular flexibility index (Phi) is 4.60. The number of carbonyl (C=O) groups is 1. The third kappa shape index (κ3) is 4.64. The highest BCUT2D eigenvalue weighted by molar-refractivity contribution is 5.68. The van der Waals surface area contributed by atoms with Crippen LogP contribution >= 0.6 is 0 Å². The Bertz CT molecular complexity index is 505. The van der Waals surface area contributed by atoms with E-state index in [1.807, 2.05) is 0 Å². The summed E-state index contributed by atoms with van der Waals surface area (Å²) >= 11 is 0. The molecule has 1 atom stereocenters. The summed E-state index contributed by atoms with van der Waals surface area (Å²) in [5.41, 5.74) is -2.73. The average molecular weight is 307 g/mol. The maximum Gasteiger partial charge on any atom is 0.432 e. The van der Waals surface area contributed by atoms with Gasteiger partial charge in [0.15, 0.2) is 0 Å². The third-order valence-corrected chi connectivity index (χ3v) is 2.89. The van der Waals surface area contributed by atoms with Crippen LogP contribution < -0.4 is 5.32 Å². The first-order chi connectivity index (χ1) is 9.37. The van der Waals surface area contributed by atoms with Crippen molar-refractivity contribution in [1.29, 1.82) is 0 Å². The number of carbonyl (C=O) groups excluding carboxylic acids is 1. The fourth-order valence-corrected chi connectivity index (χ4v) is 1.59. The second-order valence-electron chi connectivity index (χ2n) is 5.96. The molecule has 0 radical (unpaired) electrons. The molecule has 5 nitrogen and oxygen atoms in total. The number of hydrogen-bond donors (Lipinski definition) is 2. The van der Waals surface area contributed by atoms with E-state index in [-0.39, 0.29) is 5.82 Å². The molecule has 21 heavy (non-hydrogen) atoms. The van der Waals surface area contributed by atoms with Crippen LogP contribution in [0.1, 0.15) is 52.6 Å². The molecule has 0 aliphatic rings. The maximum atomic E-state index is 12.6. The van der Waals surface area contributed by atoms with Crippen LogP contribution in [0.2, 0.25) is 0 Å². The number of H-pyrrole nitrogens is 1. The Balaban J connectivity index is 2.94. The van der Waals surface area contributed by atoms with Crippen molar-refractivity contribution >= 4 is 6.09 Å². The van der Waals surface area contributed by atoms with Gasteiger partial charge in [-0.1, -0.05) is 6.92 Å². The number of nitrogens with zero attached hydrogens (tertiary/aromatic N) is 1. The van der Waals surface area contributed by atoms with Crippen LogP contribution in [0.4, 0.5) is 18.0 Å². The number of halogens is 3. The summed E-state index contributed by atoms with van der Waals surface area (Å²) in [6, 6.07) is 0. The molecule has 0 aliphatic carbocycles. The van der Waals surface area contributed by atoms with E-state index in [1.165, 1.54) is 0 Å². The molecule has 1 unspecified atom stereocenters. The van der Waals surface area contributed by atoms with Crippen molar-refractivity contribution in [3.8, 4) is 0 Å². The van der Waals surface area contributed by atoms with Crippen molar-refractivity contribution in [3.05, 3.63) is 17.7 Å². The van der Waals surface area contributed by atoms with E-state index in [0.717, 1.165) is 0 Å². The van der Waals surface area contributed by atoms with Crippen LogP contribution in [0.5, 0.6) is 0 Å². The molecule has 1 aromatic rings. The second-order valence-corrected chi connectivity index (χ2v) is 5.96. The Labute approximate surface area is 121 Å². The minimum atomic E-state index is -4.51. The number of aromatic amines is 1. The summed E-state index contributed by atoms with van der Waals surface area (Å²) in [6.07, 6.45) is -4.17. The first-order valence-electron chi connectivity index (χ1n) is 6.51. The molecule has 0 saturated heterocycles. The highest BCUT2D eigenvalue weighted by Crippen LogP contribution is 2.30. The van der Waals surface area contributed by atoms with E-state index >= 15 is 0 Å². The van der Waals surface area contributed by atoms with E-state index < -0.39 is 29.1 Å². The molecule has 8 heteroatoms. The van der Waals surface area contributed by atoms with Gasteiger partial charge in [0.25, 0.3) is 0 Å². The lowest BCUT2D eigenvalue weighted by Gasteiger charge is -2.29. The van der Waals surface area contributed by atoms with Crippen LogP contribution in [0, 0.1) is 0 Å². The predicted molar refractivity (Wildman–Crippen MR) is 70.6 cm³/mol. The number of imidazole rings is 1. The van der Waals surface area contributed by atoms with Gasteiger partial charge in [-0.2, -0.15) is 13.2 Å². The zero-order valence-electron chi connectivity index (χ0n) is 12.7. The summed E-state index contributed by atoms with van der Waals surface area (Å²) in [7, 11) is 0. The van der Waals surface area contributed by atoms with Crippen molar-refractivity contribution in [3.63, 3.8) is 0 Å². The molecule has 1 amide bonds. The lowest BCUT2D eigenvalue weighted by atomic mass is 9.98. The Morgan fingerprint density at radius 2 is 1.90 bits per heavy atom. The van der Waals surface area contributed by atoms with E-state index in [1.54, 1.807) is 34.6 Å². The molecule has 120 valence electrons. The Morgan fingerprint density at radius 1 is 1.33 bits per heavy atom. The van der Waals surface area contributed by atoms with E-state index in [0.29, 0.717) is 12.6 Å². The molecule has 0 bridgehead atoms. The highest BCUT2D eigenvalue weighted by Gasteiger charge is 2.37. The van der Waals surface area contributed by atoms with Crippen LogP contribution in [0.3, 0.4) is 0 Å². The van der Waals surface area contributed by atoms with Gasteiger partial charge in [-0.05, 0) is 34.1 Å². The summed E-state index contributed by atoms with van der Waals surface area (Å²) < 4.78 is 42.9. The molecule has 0 aromatic carbocycles. The van der Waals surface area contributed by atoms with Crippen LogP contribution in [-0.4, -0.2) is 21.7 Å². The SMILES string of the molecule is CCC(C)(NC(=O)OC(C)(C)C)c1ncc(C(F)(F)F)[nH]1. The standard InChI is InChI=1S/C13H20F3N3O2/c1-6-12(5,19-10(20)21-11(2,3)4)9-17-7-8(18-9)13(14,15)16/h7H,6H2,1-5H3,(H,17,18)(H,19,20). The normalized spacial score (nSPS) is 15.4. The molecule has 1 rings (SSSR count). The smallest absolute Gasteiger partial charge is 0.432 e.